The maximum absolute atomic E-state index is 5.43. The molecule has 2 heterocycles. The topological polar surface area (TPSA) is 37.4 Å². The summed E-state index contributed by atoms with van der Waals surface area (Å²) in [4.78, 5) is 7.01. The molecule has 1 aliphatic carbocycles. The summed E-state index contributed by atoms with van der Waals surface area (Å²) in [6.45, 7) is 13.4. The van der Waals surface area contributed by atoms with Gasteiger partial charge in [0.1, 0.15) is 5.82 Å². The minimum Gasteiger partial charge on any atom is -0.379 e. The summed E-state index contributed by atoms with van der Waals surface area (Å²) >= 11 is 0. The lowest BCUT2D eigenvalue weighted by Gasteiger charge is -2.43. The fourth-order valence-corrected chi connectivity index (χ4v) is 3.56. The van der Waals surface area contributed by atoms with Crippen molar-refractivity contribution in [3.63, 3.8) is 0 Å². The summed E-state index contributed by atoms with van der Waals surface area (Å²) in [7, 11) is 0. The highest BCUT2D eigenvalue weighted by Crippen LogP contribution is 2.48. The van der Waals surface area contributed by atoms with Gasteiger partial charge in [-0.15, -0.1) is 0 Å². The summed E-state index contributed by atoms with van der Waals surface area (Å²) in [5.74, 6) is 0.934. The maximum atomic E-state index is 5.43. The predicted molar refractivity (Wildman–Crippen MR) is 94.4 cm³/mol. The van der Waals surface area contributed by atoms with Crippen LogP contribution >= 0.6 is 0 Å². The number of nitrogens with zero attached hydrogens (tertiary/aromatic N) is 2. The van der Waals surface area contributed by atoms with Crippen LogP contribution in [0.2, 0.25) is 0 Å². The van der Waals surface area contributed by atoms with Crippen molar-refractivity contribution in [2.24, 2.45) is 5.41 Å². The van der Waals surface area contributed by atoms with Crippen LogP contribution in [0.1, 0.15) is 43.7 Å². The van der Waals surface area contributed by atoms with Gasteiger partial charge in [0.2, 0.25) is 0 Å². The molecule has 1 saturated heterocycles. The Morgan fingerprint density at radius 1 is 1.39 bits per heavy atom. The summed E-state index contributed by atoms with van der Waals surface area (Å²) < 4.78 is 5.43. The summed E-state index contributed by atoms with van der Waals surface area (Å²) in [6.07, 6.45) is 6.96. The van der Waals surface area contributed by atoms with Crippen molar-refractivity contribution < 1.29 is 4.74 Å². The van der Waals surface area contributed by atoms with Crippen LogP contribution in [0.15, 0.2) is 24.5 Å². The normalized spacial score (nSPS) is 20.8. The van der Waals surface area contributed by atoms with E-state index < -0.39 is 0 Å². The van der Waals surface area contributed by atoms with Gasteiger partial charge in [-0.3, -0.25) is 4.90 Å². The van der Waals surface area contributed by atoms with E-state index >= 15 is 0 Å². The van der Waals surface area contributed by atoms with Crippen LogP contribution in [-0.4, -0.2) is 36.2 Å². The number of aryl methyl sites for hydroxylation is 1. The highest BCUT2D eigenvalue weighted by Gasteiger charge is 2.38. The molecular weight excluding hydrogens is 286 g/mol. The molecule has 0 aromatic carbocycles. The average Bonchev–Trinajstić information content (AvgIpc) is 2.51. The fraction of sp³-hybridized carbons (Fsp3) is 0.632. The van der Waals surface area contributed by atoms with Crippen LogP contribution in [0.3, 0.4) is 0 Å². The third-order valence-electron chi connectivity index (χ3n) is 5.62. The molecule has 0 atom stereocenters. The molecule has 1 aromatic rings. The predicted octanol–water partition coefficient (Wildman–Crippen LogP) is 3.73. The monoisotopic (exact) mass is 315 g/mol. The molecule has 1 aliphatic heterocycles. The van der Waals surface area contributed by atoms with E-state index in [4.69, 9.17) is 4.74 Å². The lowest BCUT2D eigenvalue weighted by atomic mass is 9.65. The van der Waals surface area contributed by atoms with Crippen LogP contribution in [0, 0.1) is 12.3 Å². The minimum atomic E-state index is 0.289. The number of anilines is 1. The first kappa shape index (κ1) is 16.5. The van der Waals surface area contributed by atoms with Gasteiger partial charge in [-0.05, 0) is 43.4 Å². The van der Waals surface area contributed by atoms with Crippen molar-refractivity contribution in [2.75, 3.05) is 31.6 Å². The molecule has 2 aliphatic rings. The zero-order chi connectivity index (χ0) is 16.3. The Morgan fingerprint density at radius 2 is 2.13 bits per heavy atom. The maximum Gasteiger partial charge on any atom is 0.130 e. The van der Waals surface area contributed by atoms with Crippen molar-refractivity contribution in [2.45, 2.75) is 46.1 Å². The number of pyridine rings is 1. The van der Waals surface area contributed by atoms with Gasteiger partial charge in [-0.1, -0.05) is 19.9 Å². The second-order valence-corrected chi connectivity index (χ2v) is 6.98. The number of hydrogen-bond acceptors (Lipinski definition) is 4. The first-order chi connectivity index (χ1) is 11.1. The third kappa shape index (κ3) is 3.59. The number of ether oxygens (including phenoxy) is 1. The van der Waals surface area contributed by atoms with Gasteiger partial charge >= 0.3 is 0 Å². The van der Waals surface area contributed by atoms with E-state index in [1.165, 1.54) is 30.4 Å². The Hall–Kier alpha value is -1.39. The number of allylic oxidation sites excluding steroid dienone is 1. The first-order valence-corrected chi connectivity index (χ1v) is 8.85. The Bertz CT molecular complexity index is 554. The van der Waals surface area contributed by atoms with Gasteiger partial charge < -0.3 is 10.1 Å². The van der Waals surface area contributed by atoms with Crippen molar-refractivity contribution in [1.29, 1.82) is 0 Å². The highest BCUT2D eigenvalue weighted by atomic mass is 16.5. The van der Waals surface area contributed by atoms with Gasteiger partial charge in [-0.25, -0.2) is 4.98 Å². The van der Waals surface area contributed by atoms with Gasteiger partial charge in [0.15, 0.2) is 0 Å². The number of morpholine rings is 1. The van der Waals surface area contributed by atoms with Crippen LogP contribution in [0.5, 0.6) is 0 Å². The number of rotatable bonds is 6. The van der Waals surface area contributed by atoms with E-state index in [9.17, 15) is 0 Å². The summed E-state index contributed by atoms with van der Waals surface area (Å²) in [5, 5.41) is 3.49. The standard InChI is InChI=1S/C19H29N3O/c1-4-19(6-5-7-19)16(3)21-18-12-17(15(2)13-20-18)14-22-8-10-23-11-9-22/h12-13H,3-11,14H2,1-2H3,(H,20,21). The molecule has 0 unspecified atom stereocenters. The zero-order valence-corrected chi connectivity index (χ0v) is 14.5. The van der Waals surface area contributed by atoms with E-state index in [0.717, 1.165) is 50.8 Å². The lowest BCUT2D eigenvalue weighted by molar-refractivity contribution is 0.0341. The highest BCUT2D eigenvalue weighted by molar-refractivity contribution is 5.46. The number of hydrogen-bond donors (Lipinski definition) is 1. The fourth-order valence-electron chi connectivity index (χ4n) is 3.56. The number of nitrogens with one attached hydrogen (secondary N) is 1. The molecule has 4 heteroatoms. The van der Waals surface area contributed by atoms with Crippen molar-refractivity contribution >= 4 is 5.82 Å². The summed E-state index contributed by atoms with van der Waals surface area (Å²) in [5.41, 5.74) is 4.02. The molecule has 3 rings (SSSR count). The smallest absolute Gasteiger partial charge is 0.130 e. The Balaban J connectivity index is 1.68. The van der Waals surface area contributed by atoms with Crippen molar-refractivity contribution in [3.8, 4) is 0 Å². The van der Waals surface area contributed by atoms with Gasteiger partial charge in [-0.2, -0.15) is 0 Å². The average molecular weight is 315 g/mol. The van der Waals surface area contributed by atoms with Crippen LogP contribution < -0.4 is 5.32 Å². The molecule has 0 spiro atoms. The Labute approximate surface area is 139 Å². The van der Waals surface area contributed by atoms with E-state index in [1.807, 2.05) is 6.20 Å². The zero-order valence-electron chi connectivity index (χ0n) is 14.5. The molecular formula is C19H29N3O. The molecule has 0 bridgehead atoms. The molecule has 23 heavy (non-hydrogen) atoms. The molecule has 126 valence electrons. The van der Waals surface area contributed by atoms with Crippen molar-refractivity contribution in [1.82, 2.24) is 9.88 Å². The molecule has 0 amide bonds. The Morgan fingerprint density at radius 3 is 2.74 bits per heavy atom. The largest absolute Gasteiger partial charge is 0.379 e. The minimum absolute atomic E-state index is 0.289. The SMILES string of the molecule is C=C(Nc1cc(CN2CCOCC2)c(C)cn1)C1(CC)CCC1. The Kier molecular flexibility index (Phi) is 5.02. The van der Waals surface area contributed by atoms with E-state index in [1.54, 1.807) is 0 Å². The lowest BCUT2D eigenvalue weighted by Crippen LogP contribution is -2.36. The van der Waals surface area contributed by atoms with Gasteiger partial charge in [0.05, 0.1) is 13.2 Å². The van der Waals surface area contributed by atoms with Gasteiger partial charge in [0.25, 0.3) is 0 Å². The van der Waals surface area contributed by atoms with Crippen LogP contribution in [0.25, 0.3) is 0 Å². The second kappa shape index (κ2) is 7.02. The molecule has 1 saturated carbocycles. The van der Waals surface area contributed by atoms with E-state index in [0.29, 0.717) is 0 Å². The quantitative estimate of drug-likeness (QED) is 0.868. The molecule has 0 radical (unpaired) electrons. The summed E-state index contributed by atoms with van der Waals surface area (Å²) in [6, 6.07) is 2.19. The van der Waals surface area contributed by atoms with Crippen LogP contribution in [-0.2, 0) is 11.3 Å². The third-order valence-corrected chi connectivity index (χ3v) is 5.62. The van der Waals surface area contributed by atoms with Crippen LogP contribution in [0.4, 0.5) is 5.82 Å². The van der Waals surface area contributed by atoms with Gasteiger partial charge in [0, 0.05) is 36.9 Å². The second-order valence-electron chi connectivity index (χ2n) is 6.98. The van der Waals surface area contributed by atoms with E-state index in [-0.39, 0.29) is 5.41 Å². The molecule has 1 aromatic heterocycles. The molecule has 1 N–H and O–H groups in total. The van der Waals surface area contributed by atoms with Crippen molar-refractivity contribution in [3.05, 3.63) is 35.7 Å². The molecule has 4 nitrogen and oxygen atoms in total. The van der Waals surface area contributed by atoms with E-state index in [2.05, 4.69) is 41.7 Å². The molecule has 2 fully saturated rings. The first-order valence-electron chi connectivity index (χ1n) is 8.85. The number of aromatic nitrogens is 1.